The van der Waals surface area contributed by atoms with E-state index in [1.54, 1.807) is 0 Å². The Balaban J connectivity index is 2.47. The second kappa shape index (κ2) is 7.30. The number of carboxylic acids is 1. The van der Waals surface area contributed by atoms with Gasteiger partial charge in [-0.3, -0.25) is 19.4 Å². The number of nitrogens with two attached hydrogens (primary N) is 1. The van der Waals surface area contributed by atoms with E-state index in [0.717, 1.165) is 19.6 Å². The van der Waals surface area contributed by atoms with Crippen LogP contribution in [0.3, 0.4) is 0 Å². The Morgan fingerprint density at radius 1 is 1.50 bits per heavy atom. The monoisotopic (exact) mass is 259 g/mol. The molecule has 1 amide bonds. The van der Waals surface area contributed by atoms with Crippen LogP contribution in [0.5, 0.6) is 0 Å². The molecule has 1 fully saturated rings. The van der Waals surface area contributed by atoms with E-state index in [1.807, 2.05) is 0 Å². The lowest BCUT2D eigenvalue weighted by atomic mass is 10.2. The first-order valence-corrected chi connectivity index (χ1v) is 6.07. The first-order valence-electron chi connectivity index (χ1n) is 6.07. The number of amides is 1. The van der Waals surface area contributed by atoms with Crippen molar-refractivity contribution in [1.82, 2.24) is 9.80 Å². The van der Waals surface area contributed by atoms with E-state index in [4.69, 9.17) is 15.6 Å². The molecule has 7 nitrogen and oxygen atoms in total. The zero-order valence-corrected chi connectivity index (χ0v) is 10.7. The van der Waals surface area contributed by atoms with E-state index in [0.29, 0.717) is 13.2 Å². The molecule has 104 valence electrons. The van der Waals surface area contributed by atoms with Gasteiger partial charge in [0.25, 0.3) is 0 Å². The zero-order chi connectivity index (χ0) is 13.5. The number of nitrogens with zero attached hydrogens (tertiary/aromatic N) is 2. The molecule has 1 unspecified atom stereocenters. The predicted molar refractivity (Wildman–Crippen MR) is 65.1 cm³/mol. The fourth-order valence-electron chi connectivity index (χ4n) is 2.06. The summed E-state index contributed by atoms with van der Waals surface area (Å²) in [5.74, 6) is -1.50. The van der Waals surface area contributed by atoms with Crippen LogP contribution in [-0.2, 0) is 14.3 Å². The van der Waals surface area contributed by atoms with Gasteiger partial charge in [0, 0.05) is 19.6 Å². The Kier molecular flexibility index (Phi) is 6.03. The molecular weight excluding hydrogens is 238 g/mol. The largest absolute Gasteiger partial charge is 0.480 e. The zero-order valence-electron chi connectivity index (χ0n) is 10.7. The van der Waals surface area contributed by atoms with Gasteiger partial charge in [0.15, 0.2) is 0 Å². The summed E-state index contributed by atoms with van der Waals surface area (Å²) in [5.41, 5.74) is 5.10. The molecule has 1 heterocycles. The van der Waals surface area contributed by atoms with Crippen LogP contribution in [-0.4, -0.2) is 78.8 Å². The van der Waals surface area contributed by atoms with Crippen LogP contribution in [0.15, 0.2) is 0 Å². The molecule has 1 aliphatic heterocycles. The maximum atomic E-state index is 10.9. The lowest BCUT2D eigenvalue weighted by Crippen LogP contribution is -2.49. The predicted octanol–water partition coefficient (Wildman–Crippen LogP) is -1.42. The number of ether oxygens (including phenoxy) is 1. The third kappa shape index (κ3) is 5.44. The molecule has 0 aromatic rings. The van der Waals surface area contributed by atoms with Crippen LogP contribution >= 0.6 is 0 Å². The third-order valence-corrected chi connectivity index (χ3v) is 2.87. The van der Waals surface area contributed by atoms with Gasteiger partial charge in [-0.05, 0) is 6.54 Å². The van der Waals surface area contributed by atoms with E-state index in [-0.39, 0.29) is 19.2 Å². The van der Waals surface area contributed by atoms with Crippen LogP contribution in [0.1, 0.15) is 6.92 Å². The number of morpholine rings is 1. The van der Waals surface area contributed by atoms with Crippen molar-refractivity contribution in [1.29, 1.82) is 0 Å². The Labute approximate surface area is 106 Å². The maximum absolute atomic E-state index is 10.9. The van der Waals surface area contributed by atoms with Crippen molar-refractivity contribution in [2.24, 2.45) is 5.73 Å². The minimum atomic E-state index is -0.973. The molecule has 0 saturated carbocycles. The number of primary amides is 1. The molecule has 3 N–H and O–H groups in total. The topological polar surface area (TPSA) is 96.1 Å². The maximum Gasteiger partial charge on any atom is 0.317 e. The molecule has 0 aliphatic carbocycles. The normalized spacial score (nSPS) is 21.1. The molecule has 1 rings (SSSR count). The minimum absolute atomic E-state index is 0.0573. The Hall–Kier alpha value is -1.18. The van der Waals surface area contributed by atoms with Crippen molar-refractivity contribution in [2.75, 3.05) is 45.9 Å². The van der Waals surface area contributed by atoms with Crippen molar-refractivity contribution in [2.45, 2.75) is 13.0 Å². The van der Waals surface area contributed by atoms with Gasteiger partial charge in [-0.1, -0.05) is 6.92 Å². The van der Waals surface area contributed by atoms with Crippen LogP contribution in [0.4, 0.5) is 0 Å². The number of aliphatic carboxylic acids is 1. The first kappa shape index (κ1) is 14.9. The number of hydrogen-bond acceptors (Lipinski definition) is 5. The summed E-state index contributed by atoms with van der Waals surface area (Å²) in [4.78, 5) is 25.3. The van der Waals surface area contributed by atoms with Gasteiger partial charge in [-0.25, -0.2) is 0 Å². The molecule has 0 bridgehead atoms. The van der Waals surface area contributed by atoms with E-state index >= 15 is 0 Å². The molecule has 0 aromatic heterocycles. The molecule has 1 atom stereocenters. The lowest BCUT2D eigenvalue weighted by molar-refractivity contribution is -0.139. The lowest BCUT2D eigenvalue weighted by Gasteiger charge is -2.34. The van der Waals surface area contributed by atoms with E-state index < -0.39 is 11.9 Å². The molecule has 0 radical (unpaired) electrons. The average molecular weight is 259 g/mol. The number of likely N-dealkylation sites (N-methyl/N-ethyl adjacent to an activating group) is 1. The fourth-order valence-corrected chi connectivity index (χ4v) is 2.06. The van der Waals surface area contributed by atoms with E-state index in [9.17, 15) is 9.59 Å². The van der Waals surface area contributed by atoms with Crippen LogP contribution in [0.25, 0.3) is 0 Å². The summed E-state index contributed by atoms with van der Waals surface area (Å²) in [6.07, 6.45) is -0.0719. The second-order valence-electron chi connectivity index (χ2n) is 4.42. The quantitative estimate of drug-likeness (QED) is 0.582. The van der Waals surface area contributed by atoms with Crippen LogP contribution < -0.4 is 5.73 Å². The highest BCUT2D eigenvalue weighted by Gasteiger charge is 2.23. The van der Waals surface area contributed by atoms with Crippen molar-refractivity contribution in [3.63, 3.8) is 0 Å². The smallest absolute Gasteiger partial charge is 0.317 e. The van der Waals surface area contributed by atoms with E-state index in [1.165, 1.54) is 4.90 Å². The van der Waals surface area contributed by atoms with Crippen molar-refractivity contribution >= 4 is 11.9 Å². The van der Waals surface area contributed by atoms with Crippen molar-refractivity contribution < 1.29 is 19.4 Å². The highest BCUT2D eigenvalue weighted by molar-refractivity contribution is 5.77. The summed E-state index contributed by atoms with van der Waals surface area (Å²) in [6.45, 7) is 5.44. The standard InChI is InChI=1S/C11H21N3O4/c1-2-13-3-4-18-9(5-13)6-14(7-10(12)15)8-11(16)17/h9H,2-8H2,1H3,(H2,12,15)(H,16,17). The number of carboxylic acid groups (broad SMARTS) is 1. The second-order valence-corrected chi connectivity index (χ2v) is 4.42. The number of hydrogen-bond donors (Lipinski definition) is 2. The third-order valence-electron chi connectivity index (χ3n) is 2.87. The summed E-state index contributed by atoms with van der Waals surface area (Å²) in [7, 11) is 0. The van der Waals surface area contributed by atoms with E-state index in [2.05, 4.69) is 11.8 Å². The Bertz CT molecular complexity index is 282. The summed E-state index contributed by atoms with van der Waals surface area (Å²) in [6, 6.07) is 0. The summed E-state index contributed by atoms with van der Waals surface area (Å²) >= 11 is 0. The minimum Gasteiger partial charge on any atom is -0.480 e. The number of carbonyl (C=O) groups excluding carboxylic acids is 1. The molecule has 18 heavy (non-hydrogen) atoms. The highest BCUT2D eigenvalue weighted by Crippen LogP contribution is 2.06. The Morgan fingerprint density at radius 2 is 2.22 bits per heavy atom. The average Bonchev–Trinajstić information content (AvgIpc) is 2.27. The Morgan fingerprint density at radius 3 is 2.78 bits per heavy atom. The van der Waals surface area contributed by atoms with Gasteiger partial charge in [-0.2, -0.15) is 0 Å². The summed E-state index contributed by atoms with van der Waals surface area (Å²) in [5, 5.41) is 8.78. The van der Waals surface area contributed by atoms with Gasteiger partial charge in [-0.15, -0.1) is 0 Å². The van der Waals surface area contributed by atoms with Crippen LogP contribution in [0, 0.1) is 0 Å². The molecular formula is C11H21N3O4. The van der Waals surface area contributed by atoms with Gasteiger partial charge < -0.3 is 15.6 Å². The van der Waals surface area contributed by atoms with Crippen molar-refractivity contribution in [3.05, 3.63) is 0 Å². The molecule has 0 spiro atoms. The first-order chi connectivity index (χ1) is 8.51. The highest BCUT2D eigenvalue weighted by atomic mass is 16.5. The summed E-state index contributed by atoms with van der Waals surface area (Å²) < 4.78 is 5.58. The molecule has 1 aliphatic rings. The fraction of sp³-hybridized carbons (Fsp3) is 0.818. The van der Waals surface area contributed by atoms with Gasteiger partial charge in [0.1, 0.15) is 0 Å². The van der Waals surface area contributed by atoms with Gasteiger partial charge in [0.2, 0.25) is 5.91 Å². The van der Waals surface area contributed by atoms with Crippen molar-refractivity contribution in [3.8, 4) is 0 Å². The molecule has 1 saturated heterocycles. The SMILES string of the molecule is CCN1CCOC(CN(CC(N)=O)CC(=O)O)C1. The van der Waals surface area contributed by atoms with Crippen LogP contribution in [0.2, 0.25) is 0 Å². The number of rotatable bonds is 7. The van der Waals surface area contributed by atoms with Gasteiger partial charge in [0.05, 0.1) is 25.8 Å². The van der Waals surface area contributed by atoms with Gasteiger partial charge >= 0.3 is 5.97 Å². The molecule has 7 heteroatoms. The number of carbonyl (C=O) groups is 2. The molecule has 0 aromatic carbocycles.